The Bertz CT molecular complexity index is 736. The number of fused-ring (bicyclic) bond motifs is 1. The number of alkyl halides is 1. The summed E-state index contributed by atoms with van der Waals surface area (Å²) in [6.07, 6.45) is 3.37. The lowest BCUT2D eigenvalue weighted by Crippen LogP contribution is -2.09. The topological polar surface area (TPSA) is 31.0 Å². The zero-order valence-electron chi connectivity index (χ0n) is 11.7. The van der Waals surface area contributed by atoms with E-state index in [1.807, 2.05) is 16.7 Å². The van der Waals surface area contributed by atoms with Gasteiger partial charge in [0.2, 0.25) is 0 Å². The highest BCUT2D eigenvalue weighted by Crippen LogP contribution is 2.26. The van der Waals surface area contributed by atoms with E-state index in [4.69, 9.17) is 16.0 Å². The molecule has 1 unspecified atom stereocenters. The van der Waals surface area contributed by atoms with Gasteiger partial charge in [-0.25, -0.2) is 9.37 Å². The minimum atomic E-state index is -0.261. The molecule has 110 valence electrons. The molecule has 0 spiro atoms. The van der Waals surface area contributed by atoms with E-state index in [0.717, 1.165) is 35.5 Å². The van der Waals surface area contributed by atoms with Gasteiger partial charge in [-0.1, -0.05) is 0 Å². The van der Waals surface area contributed by atoms with E-state index in [1.54, 1.807) is 12.3 Å². The van der Waals surface area contributed by atoms with Gasteiger partial charge in [0.25, 0.3) is 0 Å². The average molecular weight is 307 g/mol. The summed E-state index contributed by atoms with van der Waals surface area (Å²) in [7, 11) is 0. The highest BCUT2D eigenvalue weighted by Gasteiger charge is 2.16. The third-order valence-corrected chi connectivity index (χ3v) is 3.91. The van der Waals surface area contributed by atoms with Crippen molar-refractivity contribution in [3.05, 3.63) is 54.0 Å². The second-order valence-electron chi connectivity index (χ2n) is 5.13. The van der Waals surface area contributed by atoms with Crippen molar-refractivity contribution in [1.29, 1.82) is 0 Å². The maximum absolute atomic E-state index is 13.5. The molecule has 0 aliphatic carbocycles. The van der Waals surface area contributed by atoms with Gasteiger partial charge in [-0.05, 0) is 43.7 Å². The van der Waals surface area contributed by atoms with E-state index < -0.39 is 0 Å². The Morgan fingerprint density at radius 1 is 1.38 bits per heavy atom. The number of imidazole rings is 1. The van der Waals surface area contributed by atoms with Crippen LogP contribution in [0.3, 0.4) is 0 Å². The predicted molar refractivity (Wildman–Crippen MR) is 81.0 cm³/mol. The first kappa shape index (κ1) is 14.1. The Labute approximate surface area is 127 Å². The van der Waals surface area contributed by atoms with Crippen LogP contribution in [-0.2, 0) is 12.3 Å². The number of halogens is 2. The van der Waals surface area contributed by atoms with Crippen LogP contribution < -0.4 is 0 Å². The van der Waals surface area contributed by atoms with E-state index in [1.165, 1.54) is 12.1 Å². The fourth-order valence-corrected chi connectivity index (χ4v) is 2.83. The third kappa shape index (κ3) is 2.81. The molecular weight excluding hydrogens is 291 g/mol. The molecule has 21 heavy (non-hydrogen) atoms. The van der Waals surface area contributed by atoms with Crippen molar-refractivity contribution < 1.29 is 8.81 Å². The van der Waals surface area contributed by atoms with Gasteiger partial charge in [0, 0.05) is 12.5 Å². The average Bonchev–Trinajstić information content (AvgIpc) is 3.11. The van der Waals surface area contributed by atoms with Gasteiger partial charge in [0.15, 0.2) is 0 Å². The lowest BCUT2D eigenvalue weighted by Gasteiger charge is -2.16. The number of rotatable bonds is 5. The van der Waals surface area contributed by atoms with Crippen LogP contribution in [0.5, 0.6) is 0 Å². The first-order valence-electron chi connectivity index (χ1n) is 6.93. The van der Waals surface area contributed by atoms with E-state index in [9.17, 15) is 4.39 Å². The zero-order chi connectivity index (χ0) is 14.8. The van der Waals surface area contributed by atoms with Crippen LogP contribution in [0.1, 0.15) is 31.0 Å². The van der Waals surface area contributed by atoms with Crippen LogP contribution >= 0.6 is 11.6 Å². The molecule has 3 aromatic rings. The molecule has 0 N–H and O–H groups in total. The standard InChI is InChI=1S/C16H16ClFN2O/c1-11(4-6-13-3-2-8-21-13)20-15-9-12(18)5-7-14(15)19-16(20)10-17/h2-3,5,7-9,11H,4,6,10H2,1H3. The van der Waals surface area contributed by atoms with Crippen LogP contribution in [0.15, 0.2) is 41.0 Å². The second-order valence-corrected chi connectivity index (χ2v) is 5.40. The Hall–Kier alpha value is -1.81. The van der Waals surface area contributed by atoms with Gasteiger partial charge in [0.05, 0.1) is 23.2 Å². The van der Waals surface area contributed by atoms with E-state index in [0.29, 0.717) is 5.88 Å². The number of hydrogen-bond acceptors (Lipinski definition) is 2. The molecule has 0 saturated heterocycles. The lowest BCUT2D eigenvalue weighted by atomic mass is 10.1. The fourth-order valence-electron chi connectivity index (χ4n) is 2.64. The van der Waals surface area contributed by atoms with Gasteiger partial charge in [-0.2, -0.15) is 0 Å². The fraction of sp³-hybridized carbons (Fsp3) is 0.312. The quantitative estimate of drug-likeness (QED) is 0.640. The molecule has 0 radical (unpaired) electrons. The molecule has 0 amide bonds. The number of aryl methyl sites for hydroxylation is 1. The van der Waals surface area contributed by atoms with Gasteiger partial charge < -0.3 is 8.98 Å². The Balaban J connectivity index is 1.91. The number of furan rings is 1. The van der Waals surface area contributed by atoms with Crippen LogP contribution in [-0.4, -0.2) is 9.55 Å². The molecule has 0 bridgehead atoms. The first-order chi connectivity index (χ1) is 10.2. The molecule has 3 rings (SSSR count). The largest absolute Gasteiger partial charge is 0.469 e. The van der Waals surface area contributed by atoms with Crippen molar-refractivity contribution in [3.63, 3.8) is 0 Å². The number of benzene rings is 1. The number of nitrogens with zero attached hydrogens (tertiary/aromatic N) is 2. The molecule has 1 atom stereocenters. The summed E-state index contributed by atoms with van der Waals surface area (Å²) in [4.78, 5) is 4.48. The number of aromatic nitrogens is 2. The molecule has 0 aliphatic heterocycles. The first-order valence-corrected chi connectivity index (χ1v) is 7.47. The number of hydrogen-bond donors (Lipinski definition) is 0. The predicted octanol–water partition coefficient (Wildman–Crippen LogP) is 4.70. The maximum Gasteiger partial charge on any atom is 0.125 e. The zero-order valence-corrected chi connectivity index (χ0v) is 12.5. The molecular formula is C16H16ClFN2O. The monoisotopic (exact) mass is 306 g/mol. The highest BCUT2D eigenvalue weighted by atomic mass is 35.5. The Morgan fingerprint density at radius 3 is 2.95 bits per heavy atom. The molecule has 2 heterocycles. The summed E-state index contributed by atoms with van der Waals surface area (Å²) in [6, 6.07) is 8.63. The highest BCUT2D eigenvalue weighted by molar-refractivity contribution is 6.16. The summed E-state index contributed by atoms with van der Waals surface area (Å²) in [5.74, 6) is 1.76. The normalized spacial score (nSPS) is 12.9. The molecule has 3 nitrogen and oxygen atoms in total. The van der Waals surface area contributed by atoms with E-state index in [-0.39, 0.29) is 11.9 Å². The van der Waals surface area contributed by atoms with Crippen molar-refractivity contribution in [2.75, 3.05) is 0 Å². The van der Waals surface area contributed by atoms with Gasteiger partial charge in [0.1, 0.15) is 17.4 Å². The minimum Gasteiger partial charge on any atom is -0.469 e. The van der Waals surface area contributed by atoms with Crippen molar-refractivity contribution >= 4 is 22.6 Å². The second kappa shape index (κ2) is 5.90. The van der Waals surface area contributed by atoms with Crippen molar-refractivity contribution in [1.82, 2.24) is 9.55 Å². The van der Waals surface area contributed by atoms with Gasteiger partial charge >= 0.3 is 0 Å². The van der Waals surface area contributed by atoms with Crippen LogP contribution in [0.2, 0.25) is 0 Å². The molecule has 1 aromatic carbocycles. The SMILES string of the molecule is CC(CCc1ccco1)n1c(CCl)nc2ccc(F)cc21. The van der Waals surface area contributed by atoms with Crippen molar-refractivity contribution in [2.24, 2.45) is 0 Å². The van der Waals surface area contributed by atoms with Crippen molar-refractivity contribution in [2.45, 2.75) is 31.7 Å². The van der Waals surface area contributed by atoms with E-state index in [2.05, 4.69) is 11.9 Å². The molecule has 5 heteroatoms. The Kier molecular flexibility index (Phi) is 3.97. The summed E-state index contributed by atoms with van der Waals surface area (Å²) >= 11 is 5.99. The smallest absolute Gasteiger partial charge is 0.125 e. The molecule has 0 saturated carbocycles. The summed E-state index contributed by atoms with van der Waals surface area (Å²) in [5, 5.41) is 0. The molecule has 0 aliphatic rings. The summed E-state index contributed by atoms with van der Waals surface area (Å²) in [5.41, 5.74) is 1.56. The molecule has 2 aromatic heterocycles. The lowest BCUT2D eigenvalue weighted by molar-refractivity contribution is 0.452. The van der Waals surface area contributed by atoms with Gasteiger partial charge in [-0.3, -0.25) is 0 Å². The maximum atomic E-state index is 13.5. The Morgan fingerprint density at radius 2 is 2.24 bits per heavy atom. The summed E-state index contributed by atoms with van der Waals surface area (Å²) in [6.45, 7) is 2.09. The summed E-state index contributed by atoms with van der Waals surface area (Å²) < 4.78 is 20.9. The van der Waals surface area contributed by atoms with Gasteiger partial charge in [-0.15, -0.1) is 11.6 Å². The van der Waals surface area contributed by atoms with Crippen LogP contribution in [0.25, 0.3) is 11.0 Å². The van der Waals surface area contributed by atoms with Crippen LogP contribution in [0, 0.1) is 5.82 Å². The minimum absolute atomic E-state index is 0.163. The van der Waals surface area contributed by atoms with Crippen LogP contribution in [0.4, 0.5) is 4.39 Å². The molecule has 0 fully saturated rings. The van der Waals surface area contributed by atoms with E-state index >= 15 is 0 Å². The third-order valence-electron chi connectivity index (χ3n) is 3.67. The van der Waals surface area contributed by atoms with Crippen molar-refractivity contribution in [3.8, 4) is 0 Å².